The van der Waals surface area contributed by atoms with Crippen molar-refractivity contribution in [3.63, 3.8) is 0 Å². The third kappa shape index (κ3) is 5.38. The summed E-state index contributed by atoms with van der Waals surface area (Å²) in [7, 11) is 0. The van der Waals surface area contributed by atoms with Gasteiger partial charge in [0.2, 0.25) is 0 Å². The Balaban J connectivity index is 1.34. The Labute approximate surface area is 202 Å². The van der Waals surface area contributed by atoms with Crippen LogP contribution in [0.4, 0.5) is 0 Å². The lowest BCUT2D eigenvalue weighted by Crippen LogP contribution is -2.35. The number of aromatic nitrogens is 2. The van der Waals surface area contributed by atoms with Crippen LogP contribution in [0.15, 0.2) is 65.5 Å². The Hall–Kier alpha value is -3.00. The molecule has 1 atom stereocenters. The molecule has 0 spiro atoms. The van der Waals surface area contributed by atoms with Gasteiger partial charge in [-0.05, 0) is 48.9 Å². The predicted molar refractivity (Wildman–Crippen MR) is 135 cm³/mol. The fourth-order valence-corrected chi connectivity index (χ4v) is 5.86. The molecule has 0 fully saturated rings. The zero-order valence-corrected chi connectivity index (χ0v) is 19.9. The minimum Gasteiger partial charge on any atom is -0.491 e. The maximum atomic E-state index is 13.0. The Morgan fingerprint density at radius 1 is 1.03 bits per heavy atom. The standard InChI is InChI=1S/C27H29N3O3S/c31-20(18-33-21-11-5-2-6-12-21)16-30(15-19-9-3-1-4-10-19)17-24-28-26(32)25-22-13-7-8-14-23(22)34-27(25)29-24/h1-6,9-12,20,31H,7-8,13-18H2,(H,28,29,32)/t20-/m1/s1. The molecule has 0 amide bonds. The number of para-hydroxylation sites is 1. The Morgan fingerprint density at radius 2 is 1.76 bits per heavy atom. The van der Waals surface area contributed by atoms with Crippen molar-refractivity contribution in [2.45, 2.75) is 44.9 Å². The van der Waals surface area contributed by atoms with E-state index in [1.165, 1.54) is 16.9 Å². The van der Waals surface area contributed by atoms with Crippen LogP contribution in [0.3, 0.4) is 0 Å². The van der Waals surface area contributed by atoms with Crippen LogP contribution >= 0.6 is 11.3 Å². The second kappa shape index (κ2) is 10.5. The zero-order chi connectivity index (χ0) is 23.3. The lowest BCUT2D eigenvalue weighted by molar-refractivity contribution is 0.0619. The van der Waals surface area contributed by atoms with Gasteiger partial charge < -0.3 is 14.8 Å². The molecule has 2 aromatic heterocycles. The quantitative estimate of drug-likeness (QED) is 0.377. The Morgan fingerprint density at radius 3 is 2.56 bits per heavy atom. The first-order chi connectivity index (χ1) is 16.7. The lowest BCUT2D eigenvalue weighted by Gasteiger charge is -2.25. The van der Waals surface area contributed by atoms with Crippen LogP contribution in [-0.4, -0.2) is 39.2 Å². The van der Waals surface area contributed by atoms with Crippen LogP contribution in [0.2, 0.25) is 0 Å². The van der Waals surface area contributed by atoms with Crippen molar-refractivity contribution in [1.29, 1.82) is 0 Å². The molecule has 0 saturated carbocycles. The molecular formula is C27H29N3O3S. The number of benzene rings is 2. The summed E-state index contributed by atoms with van der Waals surface area (Å²) in [5.74, 6) is 1.36. The van der Waals surface area contributed by atoms with Gasteiger partial charge in [0.15, 0.2) is 0 Å². The first-order valence-corrected chi connectivity index (χ1v) is 12.6. The van der Waals surface area contributed by atoms with Crippen LogP contribution in [-0.2, 0) is 25.9 Å². The molecule has 2 aromatic carbocycles. The van der Waals surface area contributed by atoms with Crippen molar-refractivity contribution in [2.75, 3.05) is 13.2 Å². The van der Waals surface area contributed by atoms with E-state index in [1.807, 2.05) is 48.5 Å². The molecule has 2 heterocycles. The highest BCUT2D eigenvalue weighted by atomic mass is 32.1. The number of H-pyrrole nitrogens is 1. The summed E-state index contributed by atoms with van der Waals surface area (Å²) in [5.41, 5.74) is 2.28. The number of aliphatic hydroxyl groups is 1. The van der Waals surface area contributed by atoms with Gasteiger partial charge in [-0.2, -0.15) is 0 Å². The largest absolute Gasteiger partial charge is 0.491 e. The molecule has 1 aliphatic carbocycles. The fourth-order valence-electron chi connectivity index (χ4n) is 4.58. The third-order valence-corrected chi connectivity index (χ3v) is 7.34. The molecule has 7 heteroatoms. The molecule has 0 aliphatic heterocycles. The van der Waals surface area contributed by atoms with E-state index in [9.17, 15) is 9.90 Å². The van der Waals surface area contributed by atoms with Crippen molar-refractivity contribution in [2.24, 2.45) is 0 Å². The predicted octanol–water partition coefficient (Wildman–Crippen LogP) is 4.31. The Kier molecular flexibility index (Phi) is 7.04. The number of aromatic amines is 1. The minimum atomic E-state index is -0.687. The molecule has 4 aromatic rings. The first-order valence-electron chi connectivity index (χ1n) is 11.8. The normalized spacial score (nSPS) is 14.3. The molecular weight excluding hydrogens is 446 g/mol. The van der Waals surface area contributed by atoms with Crippen molar-refractivity contribution < 1.29 is 9.84 Å². The van der Waals surface area contributed by atoms with E-state index in [1.54, 1.807) is 11.3 Å². The van der Waals surface area contributed by atoms with E-state index < -0.39 is 6.10 Å². The molecule has 0 unspecified atom stereocenters. The van der Waals surface area contributed by atoms with Gasteiger partial charge in [0.1, 0.15) is 29.1 Å². The third-order valence-electron chi connectivity index (χ3n) is 6.15. The molecule has 34 heavy (non-hydrogen) atoms. The lowest BCUT2D eigenvalue weighted by atomic mass is 9.97. The monoisotopic (exact) mass is 475 g/mol. The number of nitrogens with one attached hydrogen (secondary N) is 1. The maximum absolute atomic E-state index is 13.0. The van der Waals surface area contributed by atoms with E-state index in [4.69, 9.17) is 9.72 Å². The van der Waals surface area contributed by atoms with Crippen molar-refractivity contribution >= 4 is 21.6 Å². The van der Waals surface area contributed by atoms with Crippen LogP contribution in [0.25, 0.3) is 10.2 Å². The van der Waals surface area contributed by atoms with Gasteiger partial charge in [-0.25, -0.2) is 4.98 Å². The molecule has 176 valence electrons. The summed E-state index contributed by atoms with van der Waals surface area (Å²) < 4.78 is 5.74. The SMILES string of the molecule is O=c1[nH]c(CN(Cc2ccccc2)C[C@@H](O)COc2ccccc2)nc2sc3c(c12)CCCC3. The molecule has 0 radical (unpaired) electrons. The summed E-state index contributed by atoms with van der Waals surface area (Å²) in [4.78, 5) is 25.1. The van der Waals surface area contributed by atoms with Gasteiger partial charge in [-0.1, -0.05) is 48.5 Å². The van der Waals surface area contributed by atoms with Crippen LogP contribution in [0.5, 0.6) is 5.75 Å². The smallest absolute Gasteiger partial charge is 0.259 e. The maximum Gasteiger partial charge on any atom is 0.259 e. The summed E-state index contributed by atoms with van der Waals surface area (Å²) in [6.07, 6.45) is 3.63. The summed E-state index contributed by atoms with van der Waals surface area (Å²) in [6, 6.07) is 19.6. The fraction of sp³-hybridized carbons (Fsp3) is 0.333. The van der Waals surface area contributed by atoms with Crippen molar-refractivity contribution in [3.8, 4) is 5.75 Å². The van der Waals surface area contributed by atoms with Gasteiger partial charge in [-0.3, -0.25) is 9.69 Å². The summed E-state index contributed by atoms with van der Waals surface area (Å²) >= 11 is 1.66. The molecule has 2 N–H and O–H groups in total. The second-order valence-electron chi connectivity index (χ2n) is 8.84. The van der Waals surface area contributed by atoms with E-state index in [-0.39, 0.29) is 12.2 Å². The highest BCUT2D eigenvalue weighted by Gasteiger charge is 2.21. The summed E-state index contributed by atoms with van der Waals surface area (Å²) in [5, 5.41) is 11.5. The highest BCUT2D eigenvalue weighted by Crippen LogP contribution is 2.33. The number of ether oxygens (including phenoxy) is 1. The molecule has 0 bridgehead atoms. The first kappa shape index (κ1) is 22.8. The van der Waals surface area contributed by atoms with Gasteiger partial charge in [-0.15, -0.1) is 11.3 Å². The molecule has 0 saturated heterocycles. The summed E-state index contributed by atoms with van der Waals surface area (Å²) in [6.45, 7) is 1.65. The van der Waals surface area contributed by atoms with E-state index in [2.05, 4.69) is 22.0 Å². The van der Waals surface area contributed by atoms with Gasteiger partial charge >= 0.3 is 0 Å². The van der Waals surface area contributed by atoms with Gasteiger partial charge in [0, 0.05) is 18.0 Å². The average Bonchev–Trinajstić information content (AvgIpc) is 3.23. The van der Waals surface area contributed by atoms with Crippen LogP contribution < -0.4 is 10.3 Å². The van der Waals surface area contributed by atoms with E-state index in [0.29, 0.717) is 25.5 Å². The zero-order valence-electron chi connectivity index (χ0n) is 19.1. The number of aryl methyl sites for hydroxylation is 2. The number of thiophene rings is 1. The number of hydrogen-bond acceptors (Lipinski definition) is 6. The molecule has 1 aliphatic rings. The molecule has 6 nitrogen and oxygen atoms in total. The van der Waals surface area contributed by atoms with Crippen LogP contribution in [0.1, 0.15) is 34.7 Å². The minimum absolute atomic E-state index is 0.0491. The van der Waals surface area contributed by atoms with Crippen LogP contribution in [0, 0.1) is 0 Å². The number of aliphatic hydroxyl groups excluding tert-OH is 1. The number of hydrogen-bond donors (Lipinski definition) is 2. The van der Waals surface area contributed by atoms with Crippen molar-refractivity contribution in [3.05, 3.63) is 92.8 Å². The Bertz CT molecular complexity index is 1290. The van der Waals surface area contributed by atoms with Crippen molar-refractivity contribution in [1.82, 2.24) is 14.9 Å². The second-order valence-corrected chi connectivity index (χ2v) is 9.92. The molecule has 5 rings (SSSR count). The van der Waals surface area contributed by atoms with E-state index in [0.717, 1.165) is 40.8 Å². The van der Waals surface area contributed by atoms with Gasteiger partial charge in [0.05, 0.1) is 11.9 Å². The number of nitrogens with zero attached hydrogens (tertiary/aromatic N) is 2. The number of fused-ring (bicyclic) bond motifs is 3. The van der Waals surface area contributed by atoms with Gasteiger partial charge in [0.25, 0.3) is 5.56 Å². The highest BCUT2D eigenvalue weighted by molar-refractivity contribution is 7.18. The number of rotatable bonds is 9. The average molecular weight is 476 g/mol. The topological polar surface area (TPSA) is 78.5 Å². The van der Waals surface area contributed by atoms with E-state index >= 15 is 0 Å².